The van der Waals surface area contributed by atoms with Crippen LogP contribution in [-0.2, 0) is 60.6 Å². The number of nitrogens with zero attached hydrogens (tertiary/aromatic N) is 6. The number of aromatic nitrogens is 4. The van der Waals surface area contributed by atoms with Crippen molar-refractivity contribution in [2.75, 3.05) is 60.1 Å². The van der Waals surface area contributed by atoms with Crippen LogP contribution >= 0.6 is 22.9 Å². The van der Waals surface area contributed by atoms with Crippen molar-refractivity contribution in [3.63, 3.8) is 0 Å². The van der Waals surface area contributed by atoms with Crippen LogP contribution in [-0.4, -0.2) is 162 Å². The van der Waals surface area contributed by atoms with E-state index in [1.165, 1.54) is 57.7 Å². The number of piperazine rings is 1. The van der Waals surface area contributed by atoms with Crippen LogP contribution in [0, 0.1) is 12.7 Å². The molecule has 0 saturated carbocycles. The van der Waals surface area contributed by atoms with Gasteiger partial charge in [-0.15, -0.1) is 11.3 Å². The van der Waals surface area contributed by atoms with Gasteiger partial charge in [-0.3, -0.25) is 19.3 Å². The molecule has 24 heteroatoms. The Morgan fingerprint density at radius 2 is 1.51 bits per heavy atom. The Balaban J connectivity index is 0.952. The van der Waals surface area contributed by atoms with Gasteiger partial charge in [0.2, 0.25) is 12.0 Å². The number of hydrogen-bond donors (Lipinski definition) is 0. The number of rotatable bonds is 15. The number of likely N-dealkylation sites (N-methyl/N-ethyl adjacent to an activating group) is 1. The van der Waals surface area contributed by atoms with Crippen molar-refractivity contribution in [2.24, 2.45) is 0 Å². The lowest BCUT2D eigenvalue weighted by atomic mass is 9.96. The molecule has 7 aromatic rings. The number of halogens is 2. The molecule has 0 N–H and O–H groups in total. The summed E-state index contributed by atoms with van der Waals surface area (Å²) in [6.07, 6.45) is -4.86. The normalized spacial score (nSPS) is 20.8. The van der Waals surface area contributed by atoms with Crippen LogP contribution in [0.25, 0.3) is 43.2 Å². The number of carbonyl (C=O) groups excluding carboxylic acids is 4. The molecule has 88 heavy (non-hydrogen) atoms. The predicted molar refractivity (Wildman–Crippen MR) is 322 cm³/mol. The van der Waals surface area contributed by atoms with Gasteiger partial charge in [-0.2, -0.15) is 0 Å². The first kappa shape index (κ1) is 63.0. The highest BCUT2D eigenvalue weighted by atomic mass is 35.5. The first-order valence-electron chi connectivity index (χ1n) is 28.6. The van der Waals surface area contributed by atoms with Gasteiger partial charge >= 0.3 is 23.9 Å². The molecule has 0 unspecified atom stereocenters. The third-order valence-electron chi connectivity index (χ3n) is 14.7. The molecule has 464 valence electrons. The molecule has 0 radical (unpaired) electrons. The Bertz CT molecular complexity index is 3660. The van der Waals surface area contributed by atoms with Crippen LogP contribution < -0.4 is 23.7 Å². The maximum Gasteiger partial charge on any atom is 0.348 e. The lowest BCUT2D eigenvalue weighted by Crippen LogP contribution is -2.62. The average molecular weight is 1250 g/mol. The summed E-state index contributed by atoms with van der Waals surface area (Å²) in [5.74, 6) is -0.950. The molecule has 4 bridgehead atoms. The largest absolute Gasteiger partial charge is 0.491 e. The molecule has 4 aliphatic heterocycles. The van der Waals surface area contributed by atoms with Gasteiger partial charge in [-0.1, -0.05) is 29.8 Å². The molecule has 11 rings (SSSR count). The highest BCUT2D eigenvalue weighted by Gasteiger charge is 2.52. The molecule has 0 spiro atoms. The molecule has 4 aliphatic rings. The van der Waals surface area contributed by atoms with Gasteiger partial charge in [-0.25, -0.2) is 29.1 Å². The van der Waals surface area contributed by atoms with E-state index in [9.17, 15) is 23.6 Å². The van der Waals surface area contributed by atoms with E-state index in [4.69, 9.17) is 73.7 Å². The van der Waals surface area contributed by atoms with Gasteiger partial charge in [0.15, 0.2) is 30.4 Å². The Hall–Kier alpha value is -8.06. The van der Waals surface area contributed by atoms with Crippen molar-refractivity contribution in [1.82, 2.24) is 29.7 Å². The number of esters is 4. The van der Waals surface area contributed by atoms with Gasteiger partial charge in [0.05, 0.1) is 16.1 Å². The molecule has 7 heterocycles. The molecule has 2 fully saturated rings. The number of benzene rings is 4. The lowest BCUT2D eigenvalue weighted by molar-refractivity contribution is -0.301. The number of fused-ring (bicyclic) bond motifs is 7. The maximum atomic E-state index is 14.7. The summed E-state index contributed by atoms with van der Waals surface area (Å²) in [7, 11) is 3.44. The molecular weight excluding hydrogens is 1180 g/mol. The first-order valence-corrected chi connectivity index (χ1v) is 29.8. The number of ether oxygens (including phenoxy) is 11. The van der Waals surface area contributed by atoms with Crippen LogP contribution in [0.1, 0.15) is 58.4 Å². The average Bonchev–Trinajstić information content (AvgIpc) is 1.76. The topological polar surface area (TPSA) is 228 Å². The minimum Gasteiger partial charge on any atom is -0.491 e. The number of carbonyl (C=O) groups is 4. The third kappa shape index (κ3) is 15.2. The summed E-state index contributed by atoms with van der Waals surface area (Å²) < 4.78 is 81.7. The number of thiophene rings is 1. The van der Waals surface area contributed by atoms with Crippen molar-refractivity contribution >= 4 is 57.0 Å². The monoisotopic (exact) mass is 1250 g/mol. The van der Waals surface area contributed by atoms with Gasteiger partial charge in [0.25, 0.3) is 0 Å². The fourth-order valence-corrected chi connectivity index (χ4v) is 11.9. The zero-order valence-electron chi connectivity index (χ0n) is 50.1. The van der Waals surface area contributed by atoms with Gasteiger partial charge in [0, 0.05) is 94.8 Å². The molecule has 2 saturated heterocycles. The predicted octanol–water partition coefficient (Wildman–Crippen LogP) is 9.43. The van der Waals surface area contributed by atoms with Crippen molar-refractivity contribution in [2.45, 2.75) is 110 Å². The van der Waals surface area contributed by atoms with E-state index in [0.717, 1.165) is 42.2 Å². The molecule has 0 amide bonds. The standard InChI is InChI=1S/C64H68ClFN6O15S/c1-35-47-19-21-49(54(35)65)84-46(30-72-26-24-71(8)25-27-72)32-78-45-18-20-48(41(28-45)29-50(62(76)87-64(5,6)7)85-60-53-52(47)58(88-61(53)69-34-68-60)39-10-14-42(66)15-11-39)80-31-43-22-23-67-59(70-43)40-12-16-44(17-13-40)79-33-51-55(81-36(2)73)56(82-37(3)74)57(83-38(4)75)63(77-9)86-51/h10-23,28,34,46,50-51,55-57,63H,24-27,29-33H2,1-9H3/t46-,50-,51-,55-,56+,57+,63+/m1/s1. The van der Waals surface area contributed by atoms with E-state index in [1.807, 2.05) is 25.1 Å². The fraction of sp³-hybridized carbons (Fsp3) is 0.406. The van der Waals surface area contributed by atoms with E-state index >= 15 is 0 Å². The Morgan fingerprint density at radius 1 is 0.807 bits per heavy atom. The number of hydrogen-bond acceptors (Lipinski definition) is 22. The van der Waals surface area contributed by atoms with Gasteiger partial charge in [-0.05, 0) is 118 Å². The lowest BCUT2D eigenvalue weighted by Gasteiger charge is -2.43. The van der Waals surface area contributed by atoms with E-state index in [-0.39, 0.29) is 32.1 Å². The summed E-state index contributed by atoms with van der Waals surface area (Å²) in [5.41, 5.74) is 3.60. The van der Waals surface area contributed by atoms with E-state index in [0.29, 0.717) is 78.6 Å². The van der Waals surface area contributed by atoms with Gasteiger partial charge < -0.3 is 57.0 Å². The van der Waals surface area contributed by atoms with E-state index in [1.54, 1.807) is 81.6 Å². The Kier molecular flexibility index (Phi) is 19.7. The highest BCUT2D eigenvalue weighted by Crippen LogP contribution is 2.50. The number of methoxy groups -OCH3 is 1. The molecule has 21 nitrogen and oxygen atoms in total. The van der Waals surface area contributed by atoms with Crippen molar-refractivity contribution < 1.29 is 75.7 Å². The van der Waals surface area contributed by atoms with Crippen molar-refractivity contribution in [3.8, 4) is 61.8 Å². The van der Waals surface area contributed by atoms with Crippen molar-refractivity contribution in [1.29, 1.82) is 0 Å². The summed E-state index contributed by atoms with van der Waals surface area (Å²) in [5, 5.41) is 0.902. The van der Waals surface area contributed by atoms with Crippen molar-refractivity contribution in [3.05, 3.63) is 125 Å². The first-order chi connectivity index (χ1) is 42.2. The second-order valence-corrected chi connectivity index (χ2v) is 23.9. The smallest absolute Gasteiger partial charge is 0.348 e. The molecule has 7 atom stereocenters. The highest BCUT2D eigenvalue weighted by molar-refractivity contribution is 7.22. The SMILES string of the molecule is CO[C@H]1O[C@H](COc2ccc(-c3nccc(COc4ccc5cc4C[C@H](C(=O)OC(C)(C)C)Oc4ncnc6sc(-c7ccc(F)cc7)c(c46)-c4ccc(c(Cl)c4C)O[C@H](CN4CCN(C)CC4)CO5)n3)cc2)[C@@H](OC(C)=O)[C@H](OC(C)=O)[C@@H]1OC(C)=O. The third-order valence-corrected chi connectivity index (χ3v) is 16.3. The minimum atomic E-state index is -1.31. The minimum absolute atomic E-state index is 0.0306. The molecule has 0 aliphatic carbocycles. The maximum absolute atomic E-state index is 14.7. The van der Waals surface area contributed by atoms with Crippen LogP contribution in [0.3, 0.4) is 0 Å². The molecule has 4 aromatic carbocycles. The van der Waals surface area contributed by atoms with Gasteiger partial charge in [0.1, 0.15) is 77.6 Å². The molecule has 3 aromatic heterocycles. The second-order valence-electron chi connectivity index (χ2n) is 22.5. The summed E-state index contributed by atoms with van der Waals surface area (Å²) >= 11 is 8.71. The van der Waals surface area contributed by atoms with Crippen LogP contribution in [0.4, 0.5) is 4.39 Å². The quantitative estimate of drug-likeness (QED) is 0.0687. The zero-order valence-corrected chi connectivity index (χ0v) is 51.7. The van der Waals surface area contributed by atoms with Crippen LogP contribution in [0.15, 0.2) is 97.5 Å². The van der Waals surface area contributed by atoms with Crippen LogP contribution in [0.5, 0.6) is 28.9 Å². The summed E-state index contributed by atoms with van der Waals surface area (Å²) in [4.78, 5) is 76.0. The van der Waals surface area contributed by atoms with E-state index < -0.39 is 78.2 Å². The Morgan fingerprint density at radius 3 is 2.22 bits per heavy atom. The fourth-order valence-electron chi connectivity index (χ4n) is 10.5. The van der Waals surface area contributed by atoms with Crippen LogP contribution in [0.2, 0.25) is 5.02 Å². The Labute approximate surface area is 517 Å². The second kappa shape index (κ2) is 27.5. The van der Waals surface area contributed by atoms with E-state index in [2.05, 4.69) is 26.8 Å². The summed E-state index contributed by atoms with van der Waals surface area (Å²) in [6.45, 7) is 14.7. The molecular formula is C64H68ClFN6O15S. The summed E-state index contributed by atoms with van der Waals surface area (Å²) in [6, 6.07) is 24.0. The zero-order chi connectivity index (χ0) is 62.4.